The average Bonchev–Trinajstić information content (AvgIpc) is 3.07. The Balaban J connectivity index is 2.03. The molecule has 1 saturated carbocycles. The zero-order valence-electron chi connectivity index (χ0n) is 20.1. The first-order valence-corrected chi connectivity index (χ1v) is 13.0. The minimum absolute atomic E-state index is 0.00936. The topological polar surface area (TPSA) is 52.6 Å². The number of ether oxygens (including phenoxy) is 2. The molecule has 2 rings (SSSR count). The molecule has 1 aliphatic carbocycles. The molecular weight excluding hydrogens is 459 g/mol. The molecule has 1 aromatic carbocycles. The van der Waals surface area contributed by atoms with Crippen molar-refractivity contribution in [1.82, 2.24) is 0 Å². The number of hydrogen-bond donors (Lipinski definition) is 0. The number of halogens is 2. The highest BCUT2D eigenvalue weighted by atomic mass is 35.5. The van der Waals surface area contributed by atoms with Crippen LogP contribution in [-0.4, -0.2) is 29.8 Å². The number of benzene rings is 1. The fourth-order valence-corrected chi connectivity index (χ4v) is 5.69. The molecular formula is C27H38Cl2O4. The quantitative estimate of drug-likeness (QED) is 0.123. The van der Waals surface area contributed by atoms with Crippen molar-refractivity contribution in [2.75, 3.05) is 7.11 Å². The summed E-state index contributed by atoms with van der Waals surface area (Å²) in [6.07, 6.45) is 11.9. The van der Waals surface area contributed by atoms with E-state index in [4.69, 9.17) is 27.9 Å². The maximum absolute atomic E-state index is 11.6. The third kappa shape index (κ3) is 8.98. The second kappa shape index (κ2) is 14.7. The first-order valence-electron chi connectivity index (χ1n) is 12.1. The van der Waals surface area contributed by atoms with Gasteiger partial charge in [0.1, 0.15) is 6.10 Å². The molecule has 1 fully saturated rings. The minimum atomic E-state index is -0.249. The van der Waals surface area contributed by atoms with Crippen molar-refractivity contribution < 1.29 is 19.1 Å². The van der Waals surface area contributed by atoms with Gasteiger partial charge in [0.05, 0.1) is 7.11 Å². The molecule has 0 bridgehead atoms. The summed E-state index contributed by atoms with van der Waals surface area (Å²) in [5.41, 5.74) is 2.21. The van der Waals surface area contributed by atoms with Crippen molar-refractivity contribution in [2.24, 2.45) is 5.92 Å². The molecule has 1 aliphatic rings. The second-order valence-electron chi connectivity index (χ2n) is 8.89. The first kappa shape index (κ1) is 27.7. The summed E-state index contributed by atoms with van der Waals surface area (Å²) in [4.78, 5) is 22.8. The van der Waals surface area contributed by atoms with Crippen molar-refractivity contribution in [3.63, 3.8) is 0 Å². The van der Waals surface area contributed by atoms with Crippen LogP contribution in [0, 0.1) is 5.92 Å². The molecule has 184 valence electrons. The fourth-order valence-electron chi connectivity index (χ4n) is 4.62. The van der Waals surface area contributed by atoms with Gasteiger partial charge in [-0.2, -0.15) is 0 Å². The Hall–Kier alpha value is -1.52. The van der Waals surface area contributed by atoms with Gasteiger partial charge in [0, 0.05) is 30.0 Å². The van der Waals surface area contributed by atoms with E-state index in [-0.39, 0.29) is 40.6 Å². The fraction of sp³-hybridized carbons (Fsp3) is 0.630. The van der Waals surface area contributed by atoms with Gasteiger partial charge in [-0.1, -0.05) is 56.2 Å². The molecule has 5 atom stereocenters. The van der Waals surface area contributed by atoms with Crippen LogP contribution in [-0.2, 0) is 19.1 Å². The largest absolute Gasteiger partial charge is 0.469 e. The lowest BCUT2D eigenvalue weighted by molar-refractivity contribution is -0.147. The number of esters is 2. The molecule has 1 aromatic rings. The van der Waals surface area contributed by atoms with Gasteiger partial charge >= 0.3 is 11.9 Å². The van der Waals surface area contributed by atoms with Gasteiger partial charge < -0.3 is 9.47 Å². The van der Waals surface area contributed by atoms with Crippen LogP contribution in [0.25, 0.3) is 0 Å². The second-order valence-corrected chi connectivity index (χ2v) is 10.0. The van der Waals surface area contributed by atoms with Crippen molar-refractivity contribution in [3.05, 3.63) is 47.5 Å². The molecule has 0 aromatic heterocycles. The third-order valence-electron chi connectivity index (χ3n) is 6.39. The van der Waals surface area contributed by atoms with Gasteiger partial charge in [0.25, 0.3) is 0 Å². The minimum Gasteiger partial charge on any atom is -0.469 e. The number of unbranched alkanes of at least 4 members (excludes halogenated alkanes) is 3. The van der Waals surface area contributed by atoms with Crippen LogP contribution in [0.3, 0.4) is 0 Å². The van der Waals surface area contributed by atoms with Crippen molar-refractivity contribution in [1.29, 1.82) is 0 Å². The van der Waals surface area contributed by atoms with E-state index in [0.717, 1.165) is 56.9 Å². The van der Waals surface area contributed by atoms with Crippen LogP contribution in [0.5, 0.6) is 0 Å². The number of hydrogen-bond acceptors (Lipinski definition) is 4. The zero-order chi connectivity index (χ0) is 24.2. The lowest BCUT2D eigenvalue weighted by atomic mass is 9.85. The molecule has 0 heterocycles. The van der Waals surface area contributed by atoms with E-state index in [1.807, 2.05) is 0 Å². The predicted molar refractivity (Wildman–Crippen MR) is 135 cm³/mol. The summed E-state index contributed by atoms with van der Waals surface area (Å²) >= 11 is 13.4. The van der Waals surface area contributed by atoms with Gasteiger partial charge in [0.15, 0.2) is 0 Å². The molecule has 0 amide bonds. The van der Waals surface area contributed by atoms with E-state index < -0.39 is 0 Å². The van der Waals surface area contributed by atoms with E-state index >= 15 is 0 Å². The molecule has 0 radical (unpaired) electrons. The summed E-state index contributed by atoms with van der Waals surface area (Å²) in [5.74, 6) is 0.0105. The molecule has 1 unspecified atom stereocenters. The highest BCUT2D eigenvalue weighted by Crippen LogP contribution is 2.47. The summed E-state index contributed by atoms with van der Waals surface area (Å²) in [6, 6.07) is 8.38. The van der Waals surface area contributed by atoms with Crippen molar-refractivity contribution >= 4 is 35.1 Å². The average molecular weight is 498 g/mol. The van der Waals surface area contributed by atoms with E-state index in [1.54, 1.807) is 0 Å². The van der Waals surface area contributed by atoms with E-state index in [0.29, 0.717) is 6.42 Å². The van der Waals surface area contributed by atoms with Crippen molar-refractivity contribution in [2.45, 2.75) is 94.4 Å². The summed E-state index contributed by atoms with van der Waals surface area (Å²) in [6.45, 7) is 3.63. The maximum atomic E-state index is 11.6. The Kier molecular flexibility index (Phi) is 12.3. The molecule has 6 heteroatoms. The van der Waals surface area contributed by atoms with E-state index in [1.165, 1.54) is 19.6 Å². The number of carbonyl (C=O) groups excluding carboxylic acids is 2. The zero-order valence-corrected chi connectivity index (χ0v) is 21.6. The van der Waals surface area contributed by atoms with Gasteiger partial charge in [0.2, 0.25) is 0 Å². The molecule has 0 saturated heterocycles. The number of alkyl halides is 2. The van der Waals surface area contributed by atoms with Gasteiger partial charge in [-0.25, -0.2) is 0 Å². The Bertz CT molecular complexity index is 762. The highest BCUT2D eigenvalue weighted by Gasteiger charge is 2.41. The van der Waals surface area contributed by atoms with Crippen LogP contribution < -0.4 is 0 Å². The number of carbonyl (C=O) groups is 2. The maximum Gasteiger partial charge on any atom is 0.305 e. The normalized spacial score (nSPS) is 23.5. The number of rotatable bonds is 13. The SMILES string of the molecule is CCCCCC(OC(C)=O)c1ccc([C@@H]2[C@@H](CC=CCCCC(=O)OC)[C@H](Cl)C[C@H]2Cl)cc1. The highest BCUT2D eigenvalue weighted by molar-refractivity contribution is 6.25. The van der Waals surface area contributed by atoms with E-state index in [2.05, 4.69) is 48.1 Å². The number of allylic oxidation sites excluding steroid dienone is 2. The molecule has 4 nitrogen and oxygen atoms in total. The van der Waals surface area contributed by atoms with Crippen molar-refractivity contribution in [3.8, 4) is 0 Å². The third-order valence-corrected chi connectivity index (χ3v) is 7.34. The van der Waals surface area contributed by atoms with Gasteiger partial charge in [-0.15, -0.1) is 23.2 Å². The smallest absolute Gasteiger partial charge is 0.305 e. The lowest BCUT2D eigenvalue weighted by Gasteiger charge is -2.24. The van der Waals surface area contributed by atoms with Crippen LogP contribution in [0.1, 0.15) is 94.8 Å². The van der Waals surface area contributed by atoms with E-state index in [9.17, 15) is 9.59 Å². The first-order chi connectivity index (χ1) is 15.9. The molecule has 33 heavy (non-hydrogen) atoms. The molecule has 0 N–H and O–H groups in total. The standard InChI is InChI=1S/C27H38Cl2O4/c1-4-5-8-12-25(33-19(2)30)20-14-16-21(17-15-20)27-22(23(28)18-24(27)29)11-9-6-7-10-13-26(31)32-3/h6,9,14-17,22-25,27H,4-5,7-8,10-13,18H2,1-3H3/t22-,23+,24+,25?,27+/m0/s1. The van der Waals surface area contributed by atoms with Crippen LogP contribution in [0.2, 0.25) is 0 Å². The Labute approximate surface area is 209 Å². The molecule has 0 spiro atoms. The number of methoxy groups -OCH3 is 1. The Morgan fingerprint density at radius 3 is 2.45 bits per heavy atom. The monoisotopic (exact) mass is 496 g/mol. The van der Waals surface area contributed by atoms with Gasteiger partial charge in [-0.3, -0.25) is 9.59 Å². The summed E-state index contributed by atoms with van der Waals surface area (Å²) < 4.78 is 10.3. The summed E-state index contributed by atoms with van der Waals surface area (Å²) in [7, 11) is 1.41. The van der Waals surface area contributed by atoms with Crippen LogP contribution in [0.4, 0.5) is 0 Å². The van der Waals surface area contributed by atoms with Gasteiger partial charge in [-0.05, 0) is 55.6 Å². The van der Waals surface area contributed by atoms with Crippen LogP contribution in [0.15, 0.2) is 36.4 Å². The Morgan fingerprint density at radius 2 is 1.82 bits per heavy atom. The lowest BCUT2D eigenvalue weighted by Crippen LogP contribution is -2.16. The predicted octanol–water partition coefficient (Wildman–Crippen LogP) is 7.48. The van der Waals surface area contributed by atoms with Crippen LogP contribution >= 0.6 is 23.2 Å². The Morgan fingerprint density at radius 1 is 1.09 bits per heavy atom. The molecule has 0 aliphatic heterocycles. The summed E-state index contributed by atoms with van der Waals surface area (Å²) in [5, 5.41) is 0.0182.